The second kappa shape index (κ2) is 24.4. The van der Waals surface area contributed by atoms with E-state index in [9.17, 15) is 0 Å². The normalized spacial score (nSPS) is 9.88. The summed E-state index contributed by atoms with van der Waals surface area (Å²) in [5, 5.41) is 51.6. The molecule has 0 atom stereocenters. The van der Waals surface area contributed by atoms with Crippen LogP contribution in [0.25, 0.3) is 43.9 Å². The van der Waals surface area contributed by atoms with E-state index in [2.05, 4.69) is 89.9 Å². The number of aryl methyl sites for hydroxylation is 8. The molecular formula is C42H50N22. The van der Waals surface area contributed by atoms with Crippen molar-refractivity contribution in [2.24, 2.45) is 56.4 Å². The zero-order valence-corrected chi connectivity index (χ0v) is 36.8. The number of nitrogens with zero attached hydrogens (tertiary/aromatic N) is 22. The lowest BCUT2D eigenvalue weighted by atomic mass is 10.3. The number of hydrogen-bond donors (Lipinski definition) is 0. The van der Waals surface area contributed by atoms with Crippen LogP contribution in [0, 0.1) is 0 Å². The molecule has 12 rings (SSSR count). The third kappa shape index (κ3) is 15.3. The Balaban J connectivity index is 0.000000139. The third-order valence-electron chi connectivity index (χ3n) is 8.25. The van der Waals surface area contributed by atoms with Crippen molar-refractivity contribution in [1.82, 2.24) is 109 Å². The number of para-hydroxylation sites is 2. The molecule has 22 nitrogen and oxygen atoms in total. The third-order valence-corrected chi connectivity index (χ3v) is 8.25. The van der Waals surface area contributed by atoms with Crippen LogP contribution in [-0.2, 0) is 56.4 Å². The van der Waals surface area contributed by atoms with E-state index in [1.165, 1.54) is 33.6 Å². The Morgan fingerprint density at radius 1 is 0.422 bits per heavy atom. The van der Waals surface area contributed by atoms with Crippen molar-refractivity contribution in [1.29, 1.82) is 0 Å². The second-order valence-electron chi connectivity index (χ2n) is 13.4. The topological polar surface area (TPSA) is 220 Å². The van der Waals surface area contributed by atoms with Crippen molar-refractivity contribution in [3.63, 3.8) is 0 Å². The maximum absolute atomic E-state index is 4.23. The molecule has 0 aliphatic heterocycles. The average Bonchev–Trinajstić information content (AvgIpc) is 4.16. The molecule has 12 aromatic rings. The van der Waals surface area contributed by atoms with Gasteiger partial charge in [-0.15, -0.1) is 15.3 Å². The Hall–Kier alpha value is -8.82. The van der Waals surface area contributed by atoms with E-state index >= 15 is 0 Å². The lowest BCUT2D eigenvalue weighted by Gasteiger charge is -1.90. The van der Waals surface area contributed by atoms with E-state index in [4.69, 9.17) is 0 Å². The molecule has 0 bridgehead atoms. The minimum absolute atomic E-state index is 0.949. The summed E-state index contributed by atoms with van der Waals surface area (Å²) in [6, 6.07) is 33.8. The van der Waals surface area contributed by atoms with Crippen LogP contribution in [0.4, 0.5) is 0 Å². The maximum Gasteiger partial charge on any atom is 0.137 e. The molecule has 0 saturated carbocycles. The number of fused-ring (bicyclic) bond motifs is 4. The van der Waals surface area contributed by atoms with Crippen molar-refractivity contribution in [2.45, 2.75) is 0 Å². The van der Waals surface area contributed by atoms with Gasteiger partial charge in [0.25, 0.3) is 0 Å². The summed E-state index contributed by atoms with van der Waals surface area (Å²) >= 11 is 0. The lowest BCUT2D eigenvalue weighted by Crippen LogP contribution is -1.90. The highest BCUT2D eigenvalue weighted by molar-refractivity contribution is 5.78. The molecule has 0 spiro atoms. The van der Waals surface area contributed by atoms with Gasteiger partial charge in [-0.05, 0) is 52.9 Å². The largest absolute Gasteiger partial charge is 0.276 e. The predicted octanol–water partition coefficient (Wildman–Crippen LogP) is 4.34. The first-order chi connectivity index (χ1) is 31.0. The SMILES string of the molecule is Cn1cc2ccccc2n1.Cn1cccn1.Cn1ccnn1.Cn1cncn1.Cn1cnnn1.Cn1nc2ccccc2n1.Cn1ncc2ccccc21.Cn1nnc2ccccc21. The number of aromatic nitrogens is 22. The molecule has 0 aliphatic rings. The van der Waals surface area contributed by atoms with Crippen LogP contribution in [0.3, 0.4) is 0 Å². The van der Waals surface area contributed by atoms with E-state index in [0.717, 1.165) is 27.6 Å². The van der Waals surface area contributed by atoms with Crippen molar-refractivity contribution in [3.05, 3.63) is 159 Å². The average molecular weight is 863 g/mol. The Morgan fingerprint density at radius 3 is 1.53 bits per heavy atom. The lowest BCUT2D eigenvalue weighted by molar-refractivity contribution is 0.665. The van der Waals surface area contributed by atoms with Gasteiger partial charge in [0.05, 0.1) is 28.9 Å². The Kier molecular flexibility index (Phi) is 17.7. The Bertz CT molecular complexity index is 2690. The quantitative estimate of drug-likeness (QED) is 0.207. The van der Waals surface area contributed by atoms with Gasteiger partial charge in [-0.1, -0.05) is 71.1 Å². The van der Waals surface area contributed by atoms with Gasteiger partial charge in [-0.2, -0.15) is 35.4 Å². The molecule has 0 amide bonds. The number of hydrogen-bond acceptors (Lipinski definition) is 14. The predicted molar refractivity (Wildman–Crippen MR) is 242 cm³/mol. The van der Waals surface area contributed by atoms with Gasteiger partial charge >= 0.3 is 0 Å². The van der Waals surface area contributed by atoms with Crippen LogP contribution in [0.1, 0.15) is 0 Å². The van der Waals surface area contributed by atoms with Crippen LogP contribution in [0.15, 0.2) is 159 Å². The molecule has 0 unspecified atom stereocenters. The van der Waals surface area contributed by atoms with Gasteiger partial charge in [-0.3, -0.25) is 23.4 Å². The first-order valence-electron chi connectivity index (χ1n) is 19.5. The van der Waals surface area contributed by atoms with Gasteiger partial charge in [0.2, 0.25) is 0 Å². The molecule has 0 saturated heterocycles. The number of rotatable bonds is 0. The van der Waals surface area contributed by atoms with Crippen LogP contribution < -0.4 is 0 Å². The van der Waals surface area contributed by atoms with Crippen LogP contribution in [-0.4, -0.2) is 109 Å². The number of tetrazole rings is 1. The standard InChI is InChI=1S/2C8H8N2.2C7H7N3.C4H6N2.2C3H5N3.C2H4N4/c1-10-6-7-4-2-3-5-8(7)9-10;1-10-8-5-3-2-4-7(8)6-9-10;1-10-7-5-3-2-4-6(7)8-9-10;1-10-8-6-4-2-3-5-7(6)9-10;1-6-4-2-3-5-6;1-6-3-4-2-5-6;1-6-3-2-4-5-6;1-6-2-3-4-5-6/h2*2-6H,1H3;2*2-5H,1H3;2-4H,1H3;2*2-3H,1H3;2H,1H3. The molecule has 0 fully saturated rings. The van der Waals surface area contributed by atoms with E-state index < -0.39 is 0 Å². The number of benzene rings is 4. The summed E-state index contributed by atoms with van der Waals surface area (Å²) in [5.41, 5.74) is 6.16. The fourth-order valence-corrected chi connectivity index (χ4v) is 5.23. The fraction of sp³-hybridized carbons (Fsp3) is 0.190. The van der Waals surface area contributed by atoms with E-state index in [1.54, 1.807) is 55.5 Å². The summed E-state index contributed by atoms with van der Waals surface area (Å²) in [5.74, 6) is 0. The Labute approximate surface area is 368 Å². The van der Waals surface area contributed by atoms with Gasteiger partial charge in [-0.25, -0.2) is 14.3 Å². The van der Waals surface area contributed by atoms with Gasteiger partial charge in [0.15, 0.2) is 0 Å². The van der Waals surface area contributed by atoms with E-state index in [1.807, 2.05) is 162 Å². The summed E-state index contributed by atoms with van der Waals surface area (Å²) in [6.45, 7) is 0. The van der Waals surface area contributed by atoms with Crippen LogP contribution in [0.2, 0.25) is 0 Å². The molecule has 0 N–H and O–H groups in total. The van der Waals surface area contributed by atoms with E-state index in [0.29, 0.717) is 0 Å². The molecule has 328 valence electrons. The molecule has 0 radical (unpaired) electrons. The monoisotopic (exact) mass is 862 g/mol. The molecule has 0 aliphatic carbocycles. The summed E-state index contributed by atoms with van der Waals surface area (Å²) in [6.07, 6.45) is 15.6. The van der Waals surface area contributed by atoms with Gasteiger partial charge < -0.3 is 0 Å². The molecule has 22 heteroatoms. The first-order valence-corrected chi connectivity index (χ1v) is 19.5. The molecular weight excluding hydrogens is 813 g/mol. The van der Waals surface area contributed by atoms with Crippen LogP contribution >= 0.6 is 0 Å². The zero-order valence-electron chi connectivity index (χ0n) is 36.8. The van der Waals surface area contributed by atoms with E-state index in [-0.39, 0.29) is 0 Å². The van der Waals surface area contributed by atoms with Gasteiger partial charge in [0, 0.05) is 91.9 Å². The summed E-state index contributed by atoms with van der Waals surface area (Å²) < 4.78 is 12.0. The maximum atomic E-state index is 4.23. The highest BCUT2D eigenvalue weighted by atomic mass is 15.5. The smallest absolute Gasteiger partial charge is 0.137 e. The molecule has 8 aromatic heterocycles. The zero-order chi connectivity index (χ0) is 45.5. The van der Waals surface area contributed by atoms with Crippen molar-refractivity contribution in [2.75, 3.05) is 0 Å². The Morgan fingerprint density at radius 2 is 1.08 bits per heavy atom. The van der Waals surface area contributed by atoms with Crippen molar-refractivity contribution >= 4 is 43.9 Å². The fourth-order valence-electron chi connectivity index (χ4n) is 5.23. The summed E-state index contributed by atoms with van der Waals surface area (Å²) in [4.78, 5) is 5.25. The van der Waals surface area contributed by atoms with Crippen molar-refractivity contribution in [3.8, 4) is 0 Å². The van der Waals surface area contributed by atoms with Crippen LogP contribution in [0.5, 0.6) is 0 Å². The van der Waals surface area contributed by atoms with Gasteiger partial charge in [0.1, 0.15) is 35.5 Å². The molecule has 4 aromatic carbocycles. The molecule has 8 heterocycles. The highest BCUT2D eigenvalue weighted by Crippen LogP contribution is 2.11. The van der Waals surface area contributed by atoms with Crippen molar-refractivity contribution < 1.29 is 0 Å². The minimum atomic E-state index is 0.949. The summed E-state index contributed by atoms with van der Waals surface area (Å²) in [7, 11) is 14.9. The first kappa shape index (κ1) is 46.2. The second-order valence-corrected chi connectivity index (χ2v) is 13.4. The minimum Gasteiger partial charge on any atom is -0.276 e. The highest BCUT2D eigenvalue weighted by Gasteiger charge is 1.97. The molecule has 64 heavy (non-hydrogen) atoms.